The van der Waals surface area contributed by atoms with Gasteiger partial charge >= 0.3 is 5.97 Å². The van der Waals surface area contributed by atoms with Gasteiger partial charge in [-0.15, -0.1) is 0 Å². The van der Waals surface area contributed by atoms with Gasteiger partial charge in [0.05, 0.1) is 21.7 Å². The second-order valence-corrected chi connectivity index (χ2v) is 10.1. The molecule has 4 aromatic carbocycles. The minimum atomic E-state index is -1.38. The molecule has 0 amide bonds. The third kappa shape index (κ3) is 6.35. The first-order valence-electron chi connectivity index (χ1n) is 12.8. The van der Waals surface area contributed by atoms with E-state index in [0.29, 0.717) is 15.8 Å². The fourth-order valence-electron chi connectivity index (χ4n) is 4.36. The molecule has 0 saturated heterocycles. The molecule has 0 aliphatic carbocycles. The van der Waals surface area contributed by atoms with Crippen LogP contribution in [-0.2, 0) is 6.54 Å². The van der Waals surface area contributed by atoms with E-state index in [1.165, 1.54) is 6.07 Å². The SMILES string of the molecule is CCn1cc(-c2ccc(Cl)cc2Cl)nc1/C=C/c1ccc(-c2ccc(Oc3ccc(C(=O)O)c([N+](=O)[O-])c3)cc2)cc1. The summed E-state index contributed by atoms with van der Waals surface area (Å²) >= 11 is 12.4. The number of ether oxygens (including phenoxy) is 1. The van der Waals surface area contributed by atoms with Gasteiger partial charge in [0.15, 0.2) is 0 Å². The van der Waals surface area contributed by atoms with Crippen molar-refractivity contribution in [2.24, 2.45) is 0 Å². The third-order valence-electron chi connectivity index (χ3n) is 6.51. The highest BCUT2D eigenvalue weighted by Crippen LogP contribution is 2.32. The predicted octanol–water partition coefficient (Wildman–Crippen LogP) is 9.11. The van der Waals surface area contributed by atoms with Gasteiger partial charge in [0.1, 0.15) is 22.9 Å². The van der Waals surface area contributed by atoms with Crippen LogP contribution in [0, 0.1) is 10.1 Å². The predicted molar refractivity (Wildman–Crippen MR) is 164 cm³/mol. The third-order valence-corrected chi connectivity index (χ3v) is 7.06. The van der Waals surface area contributed by atoms with Gasteiger partial charge in [0.25, 0.3) is 5.69 Å². The number of nitro benzene ring substituents is 1. The zero-order valence-corrected chi connectivity index (χ0v) is 23.7. The van der Waals surface area contributed by atoms with Crippen LogP contribution in [0.3, 0.4) is 0 Å². The van der Waals surface area contributed by atoms with E-state index in [1.54, 1.807) is 24.3 Å². The summed E-state index contributed by atoms with van der Waals surface area (Å²) < 4.78 is 7.77. The number of imidazole rings is 1. The summed E-state index contributed by atoms with van der Waals surface area (Å²) in [5, 5.41) is 21.5. The second kappa shape index (κ2) is 12.3. The normalized spacial score (nSPS) is 11.1. The van der Waals surface area contributed by atoms with E-state index in [-0.39, 0.29) is 5.75 Å². The maximum Gasteiger partial charge on any atom is 0.342 e. The van der Waals surface area contributed by atoms with Crippen molar-refractivity contribution in [1.29, 1.82) is 0 Å². The summed E-state index contributed by atoms with van der Waals surface area (Å²) in [7, 11) is 0. The summed E-state index contributed by atoms with van der Waals surface area (Å²) in [4.78, 5) is 26.5. The zero-order chi connectivity index (χ0) is 29.8. The molecular weight excluding hydrogens is 577 g/mol. The van der Waals surface area contributed by atoms with Gasteiger partial charge in [-0.05, 0) is 72.2 Å². The van der Waals surface area contributed by atoms with Gasteiger partial charge in [0, 0.05) is 23.3 Å². The number of nitro groups is 1. The number of hydrogen-bond acceptors (Lipinski definition) is 5. The molecule has 10 heteroatoms. The molecule has 0 unspecified atom stereocenters. The van der Waals surface area contributed by atoms with Crippen LogP contribution < -0.4 is 4.74 Å². The number of aryl methyl sites for hydroxylation is 1. The number of hydrogen-bond donors (Lipinski definition) is 1. The number of aromatic nitrogens is 2. The highest BCUT2D eigenvalue weighted by Gasteiger charge is 2.20. The highest BCUT2D eigenvalue weighted by molar-refractivity contribution is 6.36. The maximum atomic E-state index is 11.2. The zero-order valence-electron chi connectivity index (χ0n) is 22.2. The van der Waals surface area contributed by atoms with E-state index in [0.717, 1.165) is 52.4 Å². The molecule has 0 saturated carbocycles. The molecular formula is C32H23Cl2N3O5. The van der Waals surface area contributed by atoms with E-state index in [9.17, 15) is 14.9 Å². The molecule has 0 aliphatic rings. The molecule has 0 radical (unpaired) electrons. The lowest BCUT2D eigenvalue weighted by Gasteiger charge is -2.08. The van der Waals surface area contributed by atoms with Crippen molar-refractivity contribution in [3.8, 4) is 33.9 Å². The standard InChI is InChI=1S/C32H23Cl2N3O5/c1-2-36-19-29(26-14-10-23(33)17-28(26)34)35-31(36)16-5-20-3-6-21(7-4-20)22-8-11-24(12-9-22)42-25-13-15-27(32(38)39)30(18-25)37(40)41/h3-19H,2H2,1H3,(H,38,39)/b16-5+. The summed E-state index contributed by atoms with van der Waals surface area (Å²) in [6, 6.07) is 24.3. The summed E-state index contributed by atoms with van der Waals surface area (Å²) in [6.07, 6.45) is 5.93. The van der Waals surface area contributed by atoms with E-state index in [2.05, 4.69) is 6.92 Å². The molecule has 0 spiro atoms. The number of nitrogens with zero attached hydrogens (tertiary/aromatic N) is 3. The Morgan fingerprint density at radius 2 is 1.62 bits per heavy atom. The van der Waals surface area contributed by atoms with Crippen LogP contribution in [0.25, 0.3) is 34.5 Å². The van der Waals surface area contributed by atoms with E-state index >= 15 is 0 Å². The minimum absolute atomic E-state index is 0.169. The van der Waals surface area contributed by atoms with E-state index in [4.69, 9.17) is 38.0 Å². The Bertz CT molecular complexity index is 1810. The first-order chi connectivity index (χ1) is 20.2. The minimum Gasteiger partial charge on any atom is -0.477 e. The monoisotopic (exact) mass is 599 g/mol. The Balaban J connectivity index is 1.28. The number of carbonyl (C=O) groups is 1. The van der Waals surface area contributed by atoms with Crippen LogP contribution in [0.4, 0.5) is 5.69 Å². The van der Waals surface area contributed by atoms with Crippen molar-refractivity contribution in [2.45, 2.75) is 13.5 Å². The molecule has 1 N–H and O–H groups in total. The van der Waals surface area contributed by atoms with Crippen LogP contribution in [0.5, 0.6) is 11.5 Å². The summed E-state index contributed by atoms with van der Waals surface area (Å²) in [6.45, 7) is 2.80. The van der Waals surface area contributed by atoms with Gasteiger partial charge in [0.2, 0.25) is 0 Å². The molecule has 0 aliphatic heterocycles. The Morgan fingerprint density at radius 1 is 0.952 bits per heavy atom. The van der Waals surface area contributed by atoms with Gasteiger partial charge in [-0.25, -0.2) is 9.78 Å². The molecule has 0 bridgehead atoms. The van der Waals surface area contributed by atoms with E-state index < -0.39 is 22.1 Å². The summed E-state index contributed by atoms with van der Waals surface area (Å²) in [5.41, 5.74) is 3.62. The van der Waals surface area contributed by atoms with Crippen molar-refractivity contribution in [1.82, 2.24) is 9.55 Å². The lowest BCUT2D eigenvalue weighted by molar-refractivity contribution is -0.385. The molecule has 8 nitrogen and oxygen atoms in total. The van der Waals surface area contributed by atoms with Crippen molar-refractivity contribution >= 4 is 47.0 Å². The Morgan fingerprint density at radius 3 is 2.24 bits per heavy atom. The van der Waals surface area contributed by atoms with Crippen molar-refractivity contribution in [3.63, 3.8) is 0 Å². The van der Waals surface area contributed by atoms with Crippen LogP contribution in [0.1, 0.15) is 28.7 Å². The van der Waals surface area contributed by atoms with Crippen LogP contribution in [-0.4, -0.2) is 25.6 Å². The van der Waals surface area contributed by atoms with Crippen LogP contribution in [0.15, 0.2) is 91.1 Å². The van der Waals surface area contributed by atoms with Gasteiger partial charge < -0.3 is 14.4 Å². The fourth-order valence-corrected chi connectivity index (χ4v) is 4.86. The number of carboxylic acid groups (broad SMARTS) is 1. The highest BCUT2D eigenvalue weighted by atomic mass is 35.5. The molecule has 5 aromatic rings. The molecule has 1 heterocycles. The lowest BCUT2D eigenvalue weighted by Crippen LogP contribution is -2.02. The number of benzene rings is 4. The molecule has 210 valence electrons. The van der Waals surface area contributed by atoms with E-state index in [1.807, 2.05) is 65.4 Å². The molecule has 0 fully saturated rings. The fraction of sp³-hybridized carbons (Fsp3) is 0.0625. The largest absolute Gasteiger partial charge is 0.477 e. The Labute approximate surface area is 251 Å². The Kier molecular flexibility index (Phi) is 8.38. The average Bonchev–Trinajstić information content (AvgIpc) is 3.39. The first-order valence-corrected chi connectivity index (χ1v) is 13.6. The second-order valence-electron chi connectivity index (χ2n) is 9.22. The van der Waals surface area contributed by atoms with Gasteiger partial charge in [-0.3, -0.25) is 10.1 Å². The van der Waals surface area contributed by atoms with Crippen LogP contribution in [0.2, 0.25) is 10.0 Å². The quantitative estimate of drug-likeness (QED) is 0.134. The lowest BCUT2D eigenvalue weighted by atomic mass is 10.0. The molecule has 0 atom stereocenters. The van der Waals surface area contributed by atoms with Gasteiger partial charge in [-0.2, -0.15) is 0 Å². The molecule has 1 aromatic heterocycles. The molecule has 5 rings (SSSR count). The number of carboxylic acids is 1. The number of halogens is 2. The average molecular weight is 600 g/mol. The van der Waals surface area contributed by atoms with Crippen molar-refractivity contribution in [2.75, 3.05) is 0 Å². The van der Waals surface area contributed by atoms with Crippen molar-refractivity contribution in [3.05, 3.63) is 128 Å². The van der Waals surface area contributed by atoms with Crippen molar-refractivity contribution < 1.29 is 19.6 Å². The summed E-state index contributed by atoms with van der Waals surface area (Å²) in [5.74, 6) is 0.0603. The smallest absolute Gasteiger partial charge is 0.342 e. The first kappa shape index (κ1) is 28.6. The Hall–Kier alpha value is -4.92. The van der Waals surface area contributed by atoms with Gasteiger partial charge in [-0.1, -0.05) is 65.7 Å². The number of rotatable bonds is 9. The van der Waals surface area contributed by atoms with Crippen LogP contribution >= 0.6 is 23.2 Å². The molecule has 42 heavy (non-hydrogen) atoms. The maximum absolute atomic E-state index is 11.2. The topological polar surface area (TPSA) is 107 Å². The number of aromatic carboxylic acids is 1.